The van der Waals surface area contributed by atoms with Gasteiger partial charge >= 0.3 is 0 Å². The summed E-state index contributed by atoms with van der Waals surface area (Å²) in [6.07, 6.45) is 12.5. The molecule has 0 amide bonds. The van der Waals surface area contributed by atoms with Gasteiger partial charge in [-0.25, -0.2) is 0 Å². The first-order valence-electron chi connectivity index (χ1n) is 7.65. The van der Waals surface area contributed by atoms with Gasteiger partial charge in [0.05, 0.1) is 0 Å². The van der Waals surface area contributed by atoms with Gasteiger partial charge in [-0.2, -0.15) is 0 Å². The van der Waals surface area contributed by atoms with E-state index in [2.05, 4.69) is 11.8 Å². The van der Waals surface area contributed by atoms with E-state index in [1.165, 1.54) is 77.4 Å². The fourth-order valence-electron chi connectivity index (χ4n) is 2.86. The largest absolute Gasteiger partial charge is 0.303 e. The molecule has 0 aromatic carbocycles. The molecule has 1 unspecified atom stereocenters. The number of alkyl halides is 1. The second-order valence-electron chi connectivity index (χ2n) is 5.55. The SMILES string of the molecule is CCCCCCCCN1CCCC(CCCl)C1. The van der Waals surface area contributed by atoms with E-state index in [1.807, 2.05) is 0 Å². The molecule has 1 fully saturated rings. The summed E-state index contributed by atoms with van der Waals surface area (Å²) < 4.78 is 0. The molecule has 0 bridgehead atoms. The lowest BCUT2D eigenvalue weighted by atomic mass is 9.95. The maximum absolute atomic E-state index is 5.84. The van der Waals surface area contributed by atoms with Crippen molar-refractivity contribution in [2.45, 2.75) is 64.7 Å². The van der Waals surface area contributed by atoms with E-state index in [4.69, 9.17) is 11.6 Å². The Bertz CT molecular complexity index is 170. The molecule has 0 aromatic rings. The van der Waals surface area contributed by atoms with E-state index < -0.39 is 0 Å². The topological polar surface area (TPSA) is 3.24 Å². The van der Waals surface area contributed by atoms with E-state index in [-0.39, 0.29) is 0 Å². The van der Waals surface area contributed by atoms with Crippen LogP contribution in [0.2, 0.25) is 0 Å². The van der Waals surface area contributed by atoms with Crippen molar-refractivity contribution in [3.05, 3.63) is 0 Å². The Morgan fingerprint density at radius 3 is 2.65 bits per heavy atom. The Hall–Kier alpha value is 0.250. The van der Waals surface area contributed by atoms with Crippen LogP contribution in [0.15, 0.2) is 0 Å². The van der Waals surface area contributed by atoms with Crippen LogP contribution < -0.4 is 0 Å². The van der Waals surface area contributed by atoms with E-state index in [0.29, 0.717) is 0 Å². The van der Waals surface area contributed by atoms with Gasteiger partial charge in [-0.3, -0.25) is 0 Å². The molecule has 0 N–H and O–H groups in total. The summed E-state index contributed by atoms with van der Waals surface area (Å²) in [6, 6.07) is 0. The molecule has 2 heteroatoms. The summed E-state index contributed by atoms with van der Waals surface area (Å²) >= 11 is 5.84. The maximum Gasteiger partial charge on any atom is 0.0226 e. The molecule has 1 rings (SSSR count). The lowest BCUT2D eigenvalue weighted by Crippen LogP contribution is -2.36. The molecule has 0 saturated carbocycles. The molecular weight excluding hydrogens is 230 g/mol. The predicted molar refractivity (Wildman–Crippen MR) is 77.9 cm³/mol. The summed E-state index contributed by atoms with van der Waals surface area (Å²) in [4.78, 5) is 2.67. The van der Waals surface area contributed by atoms with E-state index in [9.17, 15) is 0 Å². The van der Waals surface area contributed by atoms with Crippen LogP contribution in [0.5, 0.6) is 0 Å². The van der Waals surface area contributed by atoms with E-state index in [0.717, 1.165) is 11.8 Å². The molecule has 0 spiro atoms. The lowest BCUT2D eigenvalue weighted by molar-refractivity contribution is 0.169. The third-order valence-electron chi connectivity index (χ3n) is 3.95. The van der Waals surface area contributed by atoms with Crippen molar-refractivity contribution in [1.29, 1.82) is 0 Å². The van der Waals surface area contributed by atoms with Crippen LogP contribution in [0, 0.1) is 5.92 Å². The normalized spacial score (nSPS) is 21.9. The van der Waals surface area contributed by atoms with Crippen LogP contribution in [0.1, 0.15) is 64.7 Å². The standard InChI is InChI=1S/C15H30ClN/c1-2-3-4-5-6-7-12-17-13-8-9-15(14-17)10-11-16/h15H,2-14H2,1H3. The number of rotatable bonds is 9. The first kappa shape index (κ1) is 15.3. The Labute approximate surface area is 113 Å². The zero-order chi connectivity index (χ0) is 12.3. The zero-order valence-corrected chi connectivity index (χ0v) is 12.4. The number of hydrogen-bond donors (Lipinski definition) is 0. The summed E-state index contributed by atoms with van der Waals surface area (Å²) in [5.41, 5.74) is 0. The van der Waals surface area contributed by atoms with Gasteiger partial charge in [0.15, 0.2) is 0 Å². The highest BCUT2D eigenvalue weighted by Gasteiger charge is 2.18. The van der Waals surface area contributed by atoms with Crippen molar-refractivity contribution in [3.63, 3.8) is 0 Å². The van der Waals surface area contributed by atoms with Crippen molar-refractivity contribution in [1.82, 2.24) is 4.90 Å². The van der Waals surface area contributed by atoms with Crippen molar-refractivity contribution >= 4 is 11.6 Å². The predicted octanol–water partition coefficient (Wildman–Crippen LogP) is 4.69. The maximum atomic E-state index is 5.84. The van der Waals surface area contributed by atoms with E-state index >= 15 is 0 Å². The molecule has 1 aliphatic rings. The van der Waals surface area contributed by atoms with Gasteiger partial charge in [0, 0.05) is 12.4 Å². The summed E-state index contributed by atoms with van der Waals surface area (Å²) in [7, 11) is 0. The van der Waals surface area contributed by atoms with Crippen LogP contribution in [0.25, 0.3) is 0 Å². The fourth-order valence-corrected chi connectivity index (χ4v) is 3.17. The average Bonchev–Trinajstić information content (AvgIpc) is 2.35. The van der Waals surface area contributed by atoms with Crippen LogP contribution >= 0.6 is 11.6 Å². The van der Waals surface area contributed by atoms with Crippen molar-refractivity contribution in [2.75, 3.05) is 25.5 Å². The molecule has 0 aliphatic carbocycles. The van der Waals surface area contributed by atoms with Crippen LogP contribution in [-0.4, -0.2) is 30.4 Å². The van der Waals surface area contributed by atoms with Gasteiger partial charge in [0.2, 0.25) is 0 Å². The number of piperidine rings is 1. The molecular formula is C15H30ClN. The van der Waals surface area contributed by atoms with Crippen LogP contribution in [0.3, 0.4) is 0 Å². The van der Waals surface area contributed by atoms with Crippen molar-refractivity contribution < 1.29 is 0 Å². The quantitative estimate of drug-likeness (QED) is 0.429. The highest BCUT2D eigenvalue weighted by molar-refractivity contribution is 6.17. The average molecular weight is 260 g/mol. The van der Waals surface area contributed by atoms with Gasteiger partial charge < -0.3 is 4.90 Å². The van der Waals surface area contributed by atoms with Gasteiger partial charge in [0.25, 0.3) is 0 Å². The van der Waals surface area contributed by atoms with Gasteiger partial charge in [-0.05, 0) is 44.7 Å². The number of nitrogens with zero attached hydrogens (tertiary/aromatic N) is 1. The van der Waals surface area contributed by atoms with Crippen molar-refractivity contribution in [3.8, 4) is 0 Å². The number of unbranched alkanes of at least 4 members (excludes halogenated alkanes) is 5. The number of likely N-dealkylation sites (tertiary alicyclic amines) is 1. The molecule has 0 aromatic heterocycles. The third-order valence-corrected chi connectivity index (χ3v) is 4.17. The first-order valence-corrected chi connectivity index (χ1v) is 8.18. The molecule has 1 atom stereocenters. The van der Waals surface area contributed by atoms with E-state index in [1.54, 1.807) is 0 Å². The molecule has 1 heterocycles. The van der Waals surface area contributed by atoms with Gasteiger partial charge in [-0.15, -0.1) is 11.6 Å². The molecule has 102 valence electrons. The Balaban J connectivity index is 1.98. The Morgan fingerprint density at radius 2 is 1.88 bits per heavy atom. The Kier molecular flexibility index (Phi) is 9.18. The molecule has 0 radical (unpaired) electrons. The fraction of sp³-hybridized carbons (Fsp3) is 1.00. The molecule has 1 nitrogen and oxygen atoms in total. The monoisotopic (exact) mass is 259 g/mol. The smallest absolute Gasteiger partial charge is 0.0226 e. The van der Waals surface area contributed by atoms with Gasteiger partial charge in [0.1, 0.15) is 0 Å². The molecule has 17 heavy (non-hydrogen) atoms. The third kappa shape index (κ3) is 7.31. The highest BCUT2D eigenvalue weighted by Crippen LogP contribution is 2.20. The first-order chi connectivity index (χ1) is 8.36. The minimum atomic E-state index is 0.843. The molecule has 1 saturated heterocycles. The Morgan fingerprint density at radius 1 is 1.12 bits per heavy atom. The minimum absolute atomic E-state index is 0.843. The van der Waals surface area contributed by atoms with Crippen LogP contribution in [-0.2, 0) is 0 Å². The van der Waals surface area contributed by atoms with Crippen molar-refractivity contribution in [2.24, 2.45) is 5.92 Å². The highest BCUT2D eigenvalue weighted by atomic mass is 35.5. The summed E-state index contributed by atoms with van der Waals surface area (Å²) in [5.74, 6) is 1.72. The minimum Gasteiger partial charge on any atom is -0.303 e. The number of halogens is 1. The summed E-state index contributed by atoms with van der Waals surface area (Å²) in [6.45, 7) is 6.24. The lowest BCUT2D eigenvalue weighted by Gasteiger charge is -2.32. The summed E-state index contributed by atoms with van der Waals surface area (Å²) in [5, 5.41) is 0. The van der Waals surface area contributed by atoms with Crippen LogP contribution in [0.4, 0.5) is 0 Å². The second-order valence-corrected chi connectivity index (χ2v) is 5.93. The molecule has 1 aliphatic heterocycles. The zero-order valence-electron chi connectivity index (χ0n) is 11.6. The second kappa shape index (κ2) is 10.2. The van der Waals surface area contributed by atoms with Gasteiger partial charge in [-0.1, -0.05) is 39.0 Å². The number of hydrogen-bond acceptors (Lipinski definition) is 1.